The number of nitrogens with two attached hydrogens (primary N) is 1. The molecular weight excluding hydrogens is 234 g/mol. The molecule has 0 spiro atoms. The number of hydrogen-bond donors (Lipinski definition) is 2. The number of nitrogens with zero attached hydrogens (tertiary/aromatic N) is 3. The fraction of sp³-hybridized carbons (Fsp3) is 0.636. The zero-order valence-electron chi connectivity index (χ0n) is 10.6. The van der Waals surface area contributed by atoms with Crippen LogP contribution >= 0.6 is 0 Å². The molecular formula is C11H19N5O2. The molecule has 1 aliphatic heterocycles. The van der Waals surface area contributed by atoms with Crippen LogP contribution in [0.4, 0.5) is 11.6 Å². The lowest BCUT2D eigenvalue weighted by molar-refractivity contribution is 0.121. The van der Waals surface area contributed by atoms with Crippen molar-refractivity contribution in [3.05, 3.63) is 11.9 Å². The monoisotopic (exact) mass is 253 g/mol. The Hall–Kier alpha value is -1.44. The summed E-state index contributed by atoms with van der Waals surface area (Å²) in [6.07, 6.45) is 0. The average Bonchev–Trinajstić information content (AvgIpc) is 2.45. The Morgan fingerprint density at radius 3 is 2.89 bits per heavy atom. The highest BCUT2D eigenvalue weighted by atomic mass is 16.5. The van der Waals surface area contributed by atoms with E-state index < -0.39 is 0 Å². The van der Waals surface area contributed by atoms with Gasteiger partial charge in [0.05, 0.1) is 13.2 Å². The third-order valence-corrected chi connectivity index (χ3v) is 2.68. The van der Waals surface area contributed by atoms with Crippen LogP contribution in [0.15, 0.2) is 6.07 Å². The first-order valence-electron chi connectivity index (χ1n) is 6.08. The van der Waals surface area contributed by atoms with E-state index in [-0.39, 0.29) is 0 Å². The normalized spacial score (nSPS) is 15.8. The summed E-state index contributed by atoms with van der Waals surface area (Å²) in [4.78, 5) is 10.9. The number of morpholine rings is 1. The number of hydrogen-bond acceptors (Lipinski definition) is 7. The van der Waals surface area contributed by atoms with Gasteiger partial charge in [-0.1, -0.05) is 0 Å². The maximum Gasteiger partial charge on any atom is 0.158 e. The molecule has 7 heteroatoms. The van der Waals surface area contributed by atoms with E-state index in [1.807, 2.05) is 13.0 Å². The fourth-order valence-corrected chi connectivity index (χ4v) is 1.77. The van der Waals surface area contributed by atoms with Gasteiger partial charge in [-0.05, 0) is 6.92 Å². The molecule has 1 fully saturated rings. The third-order valence-electron chi connectivity index (χ3n) is 2.68. The van der Waals surface area contributed by atoms with E-state index in [2.05, 4.69) is 20.3 Å². The molecule has 0 amide bonds. The molecule has 3 N–H and O–H groups in total. The van der Waals surface area contributed by atoms with Crippen molar-refractivity contribution in [2.24, 2.45) is 5.84 Å². The maximum absolute atomic E-state index is 5.42. The minimum Gasteiger partial charge on any atom is -0.378 e. The molecule has 0 unspecified atom stereocenters. The maximum atomic E-state index is 5.42. The molecule has 18 heavy (non-hydrogen) atoms. The van der Waals surface area contributed by atoms with E-state index in [9.17, 15) is 0 Å². The lowest BCUT2D eigenvalue weighted by Gasteiger charge is -2.28. The summed E-state index contributed by atoms with van der Waals surface area (Å²) in [5.41, 5.74) is 2.56. The predicted molar refractivity (Wildman–Crippen MR) is 68.2 cm³/mol. The highest BCUT2D eigenvalue weighted by Gasteiger charge is 2.14. The van der Waals surface area contributed by atoms with Crippen LogP contribution in [0.2, 0.25) is 0 Å². The van der Waals surface area contributed by atoms with Gasteiger partial charge in [0.25, 0.3) is 0 Å². The van der Waals surface area contributed by atoms with Gasteiger partial charge >= 0.3 is 0 Å². The van der Waals surface area contributed by atoms with Crippen molar-refractivity contribution in [1.82, 2.24) is 9.97 Å². The molecule has 1 aliphatic rings. The summed E-state index contributed by atoms with van der Waals surface area (Å²) in [6.45, 7) is 6.06. The quantitative estimate of drug-likeness (QED) is 0.570. The Bertz CT molecular complexity index is 382. The summed E-state index contributed by atoms with van der Waals surface area (Å²) in [7, 11) is 0. The zero-order chi connectivity index (χ0) is 12.8. The Morgan fingerprint density at radius 1 is 1.44 bits per heavy atom. The molecule has 1 aromatic heterocycles. The van der Waals surface area contributed by atoms with Gasteiger partial charge in [0.1, 0.15) is 18.2 Å². The predicted octanol–water partition coefficient (Wildman–Crippen LogP) is 0.135. The van der Waals surface area contributed by atoms with Gasteiger partial charge in [0.15, 0.2) is 5.82 Å². The second-order valence-electron chi connectivity index (χ2n) is 3.91. The van der Waals surface area contributed by atoms with E-state index in [1.165, 1.54) is 0 Å². The number of aromatic nitrogens is 2. The number of rotatable bonds is 5. The first-order chi connectivity index (χ1) is 8.83. The van der Waals surface area contributed by atoms with E-state index in [0.29, 0.717) is 24.9 Å². The Labute approximate surface area is 106 Å². The molecule has 0 radical (unpaired) electrons. The standard InChI is InChI=1S/C11H19N5O2/c1-2-17-8-10-13-9(15-12)7-11(14-10)16-3-5-18-6-4-16/h7H,2-6,8,12H2,1H3,(H,13,14,15). The molecule has 0 aromatic carbocycles. The van der Waals surface area contributed by atoms with Crippen LogP contribution in [0.5, 0.6) is 0 Å². The Kier molecular flexibility index (Phi) is 4.68. The fourth-order valence-electron chi connectivity index (χ4n) is 1.77. The lowest BCUT2D eigenvalue weighted by Crippen LogP contribution is -2.37. The molecule has 100 valence electrons. The van der Waals surface area contributed by atoms with Crippen molar-refractivity contribution in [2.75, 3.05) is 43.2 Å². The number of anilines is 2. The Balaban J connectivity index is 2.16. The minimum atomic E-state index is 0.392. The minimum absolute atomic E-state index is 0.392. The van der Waals surface area contributed by atoms with Crippen molar-refractivity contribution in [3.8, 4) is 0 Å². The second-order valence-corrected chi connectivity index (χ2v) is 3.91. The summed E-state index contributed by atoms with van der Waals surface area (Å²) in [5, 5.41) is 0. The molecule has 7 nitrogen and oxygen atoms in total. The van der Waals surface area contributed by atoms with Crippen molar-refractivity contribution in [2.45, 2.75) is 13.5 Å². The van der Waals surface area contributed by atoms with Crippen LogP contribution in [-0.4, -0.2) is 42.9 Å². The summed E-state index contributed by atoms with van der Waals surface area (Å²) >= 11 is 0. The van der Waals surface area contributed by atoms with Crippen molar-refractivity contribution >= 4 is 11.6 Å². The second kappa shape index (κ2) is 6.48. The van der Waals surface area contributed by atoms with Crippen LogP contribution in [-0.2, 0) is 16.1 Å². The largest absolute Gasteiger partial charge is 0.378 e. The molecule has 2 rings (SSSR count). The first-order valence-corrected chi connectivity index (χ1v) is 6.08. The summed E-state index contributed by atoms with van der Waals surface area (Å²) < 4.78 is 10.6. The van der Waals surface area contributed by atoms with Crippen LogP contribution in [0, 0.1) is 0 Å². The first kappa shape index (κ1) is 13.0. The number of ether oxygens (including phenoxy) is 2. The number of nitrogens with one attached hydrogen (secondary N) is 1. The molecule has 1 saturated heterocycles. The summed E-state index contributed by atoms with van der Waals surface area (Å²) in [5.74, 6) is 7.51. The van der Waals surface area contributed by atoms with Gasteiger partial charge in [0.2, 0.25) is 0 Å². The van der Waals surface area contributed by atoms with Gasteiger partial charge in [-0.2, -0.15) is 0 Å². The van der Waals surface area contributed by atoms with Gasteiger partial charge in [0, 0.05) is 25.8 Å². The van der Waals surface area contributed by atoms with E-state index in [0.717, 1.165) is 32.1 Å². The highest BCUT2D eigenvalue weighted by molar-refractivity contribution is 5.49. The van der Waals surface area contributed by atoms with E-state index in [1.54, 1.807) is 0 Å². The molecule has 2 heterocycles. The molecule has 1 aromatic rings. The van der Waals surface area contributed by atoms with Crippen molar-refractivity contribution in [1.29, 1.82) is 0 Å². The topological polar surface area (TPSA) is 85.5 Å². The highest BCUT2D eigenvalue weighted by Crippen LogP contribution is 2.17. The van der Waals surface area contributed by atoms with Gasteiger partial charge in [-0.3, -0.25) is 0 Å². The lowest BCUT2D eigenvalue weighted by atomic mass is 10.4. The average molecular weight is 253 g/mol. The van der Waals surface area contributed by atoms with Gasteiger partial charge in [-0.25, -0.2) is 15.8 Å². The number of hydrazine groups is 1. The van der Waals surface area contributed by atoms with Crippen molar-refractivity contribution in [3.63, 3.8) is 0 Å². The molecule has 0 aliphatic carbocycles. The van der Waals surface area contributed by atoms with E-state index in [4.69, 9.17) is 15.3 Å². The summed E-state index contributed by atoms with van der Waals surface area (Å²) in [6, 6.07) is 1.83. The SMILES string of the molecule is CCOCc1nc(NN)cc(N2CCOCC2)n1. The third kappa shape index (κ3) is 3.28. The Morgan fingerprint density at radius 2 is 2.22 bits per heavy atom. The van der Waals surface area contributed by atoms with Crippen LogP contribution < -0.4 is 16.2 Å². The zero-order valence-corrected chi connectivity index (χ0v) is 10.6. The van der Waals surface area contributed by atoms with Crippen molar-refractivity contribution < 1.29 is 9.47 Å². The van der Waals surface area contributed by atoms with Gasteiger partial charge < -0.3 is 19.8 Å². The van der Waals surface area contributed by atoms with Crippen LogP contribution in [0.3, 0.4) is 0 Å². The number of nitrogen functional groups attached to an aromatic ring is 1. The van der Waals surface area contributed by atoms with Crippen LogP contribution in [0.1, 0.15) is 12.7 Å². The molecule has 0 bridgehead atoms. The molecule has 0 atom stereocenters. The van der Waals surface area contributed by atoms with Crippen LogP contribution in [0.25, 0.3) is 0 Å². The smallest absolute Gasteiger partial charge is 0.158 e. The van der Waals surface area contributed by atoms with Gasteiger partial charge in [-0.15, -0.1) is 0 Å². The van der Waals surface area contributed by atoms with E-state index >= 15 is 0 Å². The molecule has 0 saturated carbocycles.